The Morgan fingerprint density at radius 3 is 2.73 bits per heavy atom. The molecule has 0 aliphatic heterocycles. The van der Waals surface area contributed by atoms with Crippen LogP contribution in [-0.4, -0.2) is 13.1 Å². The average molecular weight is 247 g/mol. The molecule has 1 aromatic carbocycles. The minimum Gasteiger partial charge on any atom is -0.466 e. The minimum atomic E-state index is -0.500. The Labute approximate surface area is 97.2 Å². The molecule has 1 rings (SSSR count). The van der Waals surface area contributed by atoms with Crippen molar-refractivity contribution in [3.63, 3.8) is 0 Å². The van der Waals surface area contributed by atoms with Gasteiger partial charge in [0.15, 0.2) is 0 Å². The third kappa shape index (κ3) is 3.81. The van der Waals surface area contributed by atoms with Crippen molar-refractivity contribution in [2.45, 2.75) is 0 Å². The predicted octanol–water partition coefficient (Wildman–Crippen LogP) is 3.06. The highest BCUT2D eigenvalue weighted by Crippen LogP contribution is 2.27. The van der Waals surface area contributed by atoms with Crippen LogP contribution in [0.2, 0.25) is 10.0 Å². The zero-order chi connectivity index (χ0) is 11.3. The van der Waals surface area contributed by atoms with Gasteiger partial charge in [-0.05, 0) is 18.2 Å². The molecule has 3 nitrogen and oxygen atoms in total. The molecule has 0 atom stereocenters. The van der Waals surface area contributed by atoms with Crippen molar-refractivity contribution in [2.24, 2.45) is 0 Å². The SMILES string of the molecule is COC(=O)C=COc1ccc(Cl)cc1Cl. The first-order valence-corrected chi connectivity index (χ1v) is 4.75. The van der Waals surface area contributed by atoms with E-state index in [0.29, 0.717) is 15.8 Å². The van der Waals surface area contributed by atoms with Gasteiger partial charge in [0, 0.05) is 5.02 Å². The van der Waals surface area contributed by atoms with E-state index in [-0.39, 0.29) is 0 Å². The van der Waals surface area contributed by atoms with Crippen LogP contribution in [0.1, 0.15) is 0 Å². The van der Waals surface area contributed by atoms with Gasteiger partial charge in [0.2, 0.25) is 0 Å². The standard InChI is InChI=1S/C10H8Cl2O3/c1-14-10(13)4-5-15-9-3-2-7(11)6-8(9)12/h2-6H,1H3. The third-order valence-electron chi connectivity index (χ3n) is 1.49. The second-order valence-electron chi connectivity index (χ2n) is 2.52. The summed E-state index contributed by atoms with van der Waals surface area (Å²) in [5.74, 6) is -0.0821. The molecule has 0 aliphatic rings. The van der Waals surface area contributed by atoms with Crippen molar-refractivity contribution in [1.29, 1.82) is 0 Å². The number of esters is 1. The number of carbonyl (C=O) groups excluding carboxylic acids is 1. The van der Waals surface area contributed by atoms with Crippen molar-refractivity contribution < 1.29 is 14.3 Å². The van der Waals surface area contributed by atoms with Gasteiger partial charge in [-0.15, -0.1) is 0 Å². The zero-order valence-corrected chi connectivity index (χ0v) is 9.38. The number of hydrogen-bond acceptors (Lipinski definition) is 3. The molecule has 0 amide bonds. The first-order chi connectivity index (χ1) is 7.13. The number of halogens is 2. The number of carbonyl (C=O) groups is 1. The molecule has 80 valence electrons. The number of methoxy groups -OCH3 is 1. The second-order valence-corrected chi connectivity index (χ2v) is 3.36. The van der Waals surface area contributed by atoms with Crippen LogP contribution in [0.15, 0.2) is 30.5 Å². The van der Waals surface area contributed by atoms with Gasteiger partial charge in [-0.3, -0.25) is 0 Å². The van der Waals surface area contributed by atoms with E-state index in [9.17, 15) is 4.79 Å². The van der Waals surface area contributed by atoms with E-state index in [1.54, 1.807) is 18.2 Å². The molecule has 0 radical (unpaired) electrons. The fraction of sp³-hybridized carbons (Fsp3) is 0.100. The number of ether oxygens (including phenoxy) is 2. The van der Waals surface area contributed by atoms with Crippen molar-refractivity contribution in [3.8, 4) is 5.75 Å². The second kappa shape index (κ2) is 5.63. The smallest absolute Gasteiger partial charge is 0.333 e. The maximum atomic E-state index is 10.7. The van der Waals surface area contributed by atoms with Crippen LogP contribution >= 0.6 is 23.2 Å². The largest absolute Gasteiger partial charge is 0.466 e. The van der Waals surface area contributed by atoms with Crippen LogP contribution < -0.4 is 4.74 Å². The highest BCUT2D eigenvalue weighted by molar-refractivity contribution is 6.35. The lowest BCUT2D eigenvalue weighted by Crippen LogP contribution is -1.95. The molecule has 5 heteroatoms. The topological polar surface area (TPSA) is 35.5 Å². The van der Waals surface area contributed by atoms with E-state index in [0.717, 1.165) is 6.08 Å². The Bertz CT molecular complexity index is 388. The average Bonchev–Trinajstić information content (AvgIpc) is 2.21. The molecule has 0 N–H and O–H groups in total. The van der Waals surface area contributed by atoms with Gasteiger partial charge in [-0.25, -0.2) is 4.79 Å². The van der Waals surface area contributed by atoms with Crippen molar-refractivity contribution >= 4 is 29.2 Å². The summed E-state index contributed by atoms with van der Waals surface area (Å²) in [6.45, 7) is 0. The number of hydrogen-bond donors (Lipinski definition) is 0. The Kier molecular flexibility index (Phi) is 4.46. The molecule has 1 aromatic rings. The van der Waals surface area contributed by atoms with E-state index in [1.165, 1.54) is 13.4 Å². The van der Waals surface area contributed by atoms with Crippen LogP contribution in [0, 0.1) is 0 Å². The van der Waals surface area contributed by atoms with Gasteiger partial charge in [0.1, 0.15) is 5.75 Å². The summed E-state index contributed by atoms with van der Waals surface area (Å²) in [7, 11) is 1.28. The highest BCUT2D eigenvalue weighted by Gasteiger charge is 2.00. The Morgan fingerprint density at radius 1 is 1.40 bits per heavy atom. The fourth-order valence-electron chi connectivity index (χ4n) is 0.802. The van der Waals surface area contributed by atoms with E-state index < -0.39 is 5.97 Å². The normalized spacial score (nSPS) is 10.3. The third-order valence-corrected chi connectivity index (χ3v) is 2.02. The van der Waals surface area contributed by atoms with Gasteiger partial charge in [0.25, 0.3) is 0 Å². The molecule has 0 spiro atoms. The van der Waals surface area contributed by atoms with Gasteiger partial charge in [-0.2, -0.15) is 0 Å². The van der Waals surface area contributed by atoms with Crippen LogP contribution in [0.3, 0.4) is 0 Å². The first kappa shape index (κ1) is 11.9. The molecule has 0 heterocycles. The quantitative estimate of drug-likeness (QED) is 0.467. The lowest BCUT2D eigenvalue weighted by atomic mass is 10.3. The van der Waals surface area contributed by atoms with Crippen molar-refractivity contribution in [3.05, 3.63) is 40.6 Å². The summed E-state index contributed by atoms with van der Waals surface area (Å²) in [6.07, 6.45) is 2.34. The number of rotatable bonds is 3. The highest BCUT2D eigenvalue weighted by atomic mass is 35.5. The summed E-state index contributed by atoms with van der Waals surface area (Å²) in [5, 5.41) is 0.890. The lowest BCUT2D eigenvalue weighted by molar-refractivity contribution is -0.134. The van der Waals surface area contributed by atoms with Gasteiger partial charge < -0.3 is 9.47 Å². The molecule has 0 aromatic heterocycles. The molecule has 0 aliphatic carbocycles. The molecule has 0 saturated heterocycles. The first-order valence-electron chi connectivity index (χ1n) is 3.99. The van der Waals surface area contributed by atoms with Crippen molar-refractivity contribution in [1.82, 2.24) is 0 Å². The van der Waals surface area contributed by atoms with Crippen LogP contribution in [-0.2, 0) is 9.53 Å². The van der Waals surface area contributed by atoms with Crippen LogP contribution in [0.4, 0.5) is 0 Å². The number of benzene rings is 1. The molecular formula is C10H8Cl2O3. The summed E-state index contributed by atoms with van der Waals surface area (Å²) < 4.78 is 9.47. The molecule has 0 unspecified atom stereocenters. The van der Waals surface area contributed by atoms with Crippen molar-refractivity contribution in [2.75, 3.05) is 7.11 Å². The Morgan fingerprint density at radius 2 is 2.13 bits per heavy atom. The molecular weight excluding hydrogens is 239 g/mol. The van der Waals surface area contributed by atoms with E-state index in [4.69, 9.17) is 27.9 Å². The van der Waals surface area contributed by atoms with Gasteiger partial charge in [0.05, 0.1) is 24.5 Å². The maximum absolute atomic E-state index is 10.7. The lowest BCUT2D eigenvalue weighted by Gasteiger charge is -2.02. The monoisotopic (exact) mass is 246 g/mol. The molecule has 0 bridgehead atoms. The Balaban J connectivity index is 2.65. The summed E-state index contributed by atoms with van der Waals surface area (Å²) in [5.41, 5.74) is 0. The summed E-state index contributed by atoms with van der Waals surface area (Å²) >= 11 is 11.5. The minimum absolute atomic E-state index is 0.372. The van der Waals surface area contributed by atoms with E-state index >= 15 is 0 Å². The van der Waals surface area contributed by atoms with Gasteiger partial charge >= 0.3 is 5.97 Å². The zero-order valence-electron chi connectivity index (χ0n) is 7.87. The molecule has 0 saturated carbocycles. The summed E-state index contributed by atoms with van der Waals surface area (Å²) in [4.78, 5) is 10.7. The summed E-state index contributed by atoms with van der Waals surface area (Å²) in [6, 6.07) is 4.78. The maximum Gasteiger partial charge on any atom is 0.333 e. The fourth-order valence-corrected chi connectivity index (χ4v) is 1.25. The van der Waals surface area contributed by atoms with Gasteiger partial charge in [-0.1, -0.05) is 23.2 Å². The van der Waals surface area contributed by atoms with E-state index in [2.05, 4.69) is 4.74 Å². The van der Waals surface area contributed by atoms with E-state index in [1.807, 2.05) is 0 Å². The molecule has 0 fully saturated rings. The Hall–Kier alpha value is -1.19. The van der Waals surface area contributed by atoms with Crippen LogP contribution in [0.25, 0.3) is 0 Å². The predicted molar refractivity (Wildman–Crippen MR) is 58.2 cm³/mol. The molecule has 15 heavy (non-hydrogen) atoms. The van der Waals surface area contributed by atoms with Crippen LogP contribution in [0.5, 0.6) is 5.75 Å².